The van der Waals surface area contributed by atoms with Crippen LogP contribution in [-0.4, -0.2) is 19.1 Å². The molecule has 0 radical (unpaired) electrons. The van der Waals surface area contributed by atoms with Crippen LogP contribution < -0.4 is 5.73 Å². The predicted octanol–water partition coefficient (Wildman–Crippen LogP) is 2.76. The summed E-state index contributed by atoms with van der Waals surface area (Å²) in [5.74, 6) is -4.27. The topological polar surface area (TPSA) is 59.0 Å². The fraction of sp³-hybridized carbons (Fsp3) is 0.364. The van der Waals surface area contributed by atoms with E-state index in [0.717, 1.165) is 6.07 Å². The zero-order valence-electron chi connectivity index (χ0n) is 9.17. The molecule has 98 valence electrons. The molecule has 1 aromatic rings. The Kier molecular flexibility index (Phi) is 5.14. The van der Waals surface area contributed by atoms with Crippen molar-refractivity contribution in [3.8, 4) is 6.07 Å². The van der Waals surface area contributed by atoms with E-state index in [1.54, 1.807) is 6.07 Å². The SMILES string of the molecule is N#CCOCC(F)(F)C(N)c1cc(Br)ccc1F. The molecule has 2 N–H and O–H groups in total. The van der Waals surface area contributed by atoms with Crippen LogP contribution in [0.4, 0.5) is 13.2 Å². The Bertz CT molecular complexity index is 462. The summed E-state index contributed by atoms with van der Waals surface area (Å²) < 4.78 is 45.5. The molecule has 0 fully saturated rings. The number of rotatable bonds is 5. The highest BCUT2D eigenvalue weighted by molar-refractivity contribution is 9.10. The van der Waals surface area contributed by atoms with Crippen molar-refractivity contribution in [1.29, 1.82) is 5.26 Å². The molecule has 1 atom stereocenters. The van der Waals surface area contributed by atoms with Gasteiger partial charge in [-0.25, -0.2) is 13.2 Å². The average molecular weight is 323 g/mol. The highest BCUT2D eigenvalue weighted by atomic mass is 79.9. The molecule has 0 saturated carbocycles. The second kappa shape index (κ2) is 6.18. The number of hydrogen-bond donors (Lipinski definition) is 1. The standard InChI is InChI=1S/C11H10BrF3N2O/c12-7-1-2-9(13)8(5-7)10(17)11(14,15)6-18-4-3-16/h1-2,5,10H,4,6,17H2. The second-order valence-electron chi connectivity index (χ2n) is 3.56. The van der Waals surface area contributed by atoms with Crippen molar-refractivity contribution in [2.45, 2.75) is 12.0 Å². The van der Waals surface area contributed by atoms with Crippen molar-refractivity contribution in [2.24, 2.45) is 5.73 Å². The zero-order valence-corrected chi connectivity index (χ0v) is 10.8. The molecule has 0 aliphatic heterocycles. The van der Waals surface area contributed by atoms with Gasteiger partial charge in [-0.1, -0.05) is 15.9 Å². The first kappa shape index (κ1) is 15.0. The van der Waals surface area contributed by atoms with Gasteiger partial charge in [0.2, 0.25) is 0 Å². The summed E-state index contributed by atoms with van der Waals surface area (Å²) in [5.41, 5.74) is 5.04. The summed E-state index contributed by atoms with van der Waals surface area (Å²) in [6, 6.07) is 3.35. The van der Waals surface area contributed by atoms with Gasteiger partial charge in [0.25, 0.3) is 5.92 Å². The van der Waals surface area contributed by atoms with E-state index in [2.05, 4.69) is 20.7 Å². The molecule has 0 aliphatic carbocycles. The molecule has 0 spiro atoms. The highest BCUT2D eigenvalue weighted by Gasteiger charge is 2.39. The lowest BCUT2D eigenvalue weighted by molar-refractivity contribution is -0.0898. The molecule has 0 aromatic heterocycles. The molecule has 0 bridgehead atoms. The monoisotopic (exact) mass is 322 g/mol. The summed E-state index contributed by atoms with van der Waals surface area (Å²) in [6.07, 6.45) is 0. The van der Waals surface area contributed by atoms with Crippen molar-refractivity contribution < 1.29 is 17.9 Å². The lowest BCUT2D eigenvalue weighted by Crippen LogP contribution is -2.38. The number of hydrogen-bond acceptors (Lipinski definition) is 3. The number of nitrogens with two attached hydrogens (primary N) is 1. The number of alkyl halides is 2. The van der Waals surface area contributed by atoms with Crippen LogP contribution in [0.15, 0.2) is 22.7 Å². The van der Waals surface area contributed by atoms with Crippen LogP contribution in [0.1, 0.15) is 11.6 Å². The maximum atomic E-state index is 13.6. The number of halogens is 4. The molecular formula is C11H10BrF3N2O. The van der Waals surface area contributed by atoms with E-state index >= 15 is 0 Å². The molecule has 18 heavy (non-hydrogen) atoms. The first-order valence-corrected chi connectivity index (χ1v) is 5.71. The molecule has 7 heteroatoms. The first-order valence-electron chi connectivity index (χ1n) is 4.91. The Morgan fingerprint density at radius 2 is 2.17 bits per heavy atom. The largest absolute Gasteiger partial charge is 0.360 e. The van der Waals surface area contributed by atoms with E-state index in [1.807, 2.05) is 0 Å². The highest BCUT2D eigenvalue weighted by Crippen LogP contribution is 2.32. The Labute approximate surface area is 110 Å². The van der Waals surface area contributed by atoms with Crippen molar-refractivity contribution in [1.82, 2.24) is 0 Å². The van der Waals surface area contributed by atoms with Crippen molar-refractivity contribution >= 4 is 15.9 Å². The Balaban J connectivity index is 2.88. The third-order valence-electron chi connectivity index (χ3n) is 2.21. The minimum absolute atomic E-state index is 0.310. The van der Waals surface area contributed by atoms with Gasteiger partial charge in [-0.15, -0.1) is 0 Å². The molecular weight excluding hydrogens is 313 g/mol. The molecule has 0 saturated heterocycles. The van der Waals surface area contributed by atoms with Crippen molar-refractivity contribution in [3.63, 3.8) is 0 Å². The third kappa shape index (κ3) is 3.70. The quantitative estimate of drug-likeness (QED) is 0.848. The van der Waals surface area contributed by atoms with Gasteiger partial charge >= 0.3 is 0 Å². The zero-order chi connectivity index (χ0) is 13.8. The van der Waals surface area contributed by atoms with Gasteiger partial charge in [-0.05, 0) is 18.2 Å². The average Bonchev–Trinajstić information content (AvgIpc) is 2.31. The number of nitrogens with zero attached hydrogens (tertiary/aromatic N) is 1. The van der Waals surface area contributed by atoms with Gasteiger partial charge in [-0.3, -0.25) is 0 Å². The van der Waals surface area contributed by atoms with E-state index in [4.69, 9.17) is 11.0 Å². The lowest BCUT2D eigenvalue weighted by atomic mass is 10.0. The van der Waals surface area contributed by atoms with Gasteiger partial charge in [0, 0.05) is 10.0 Å². The van der Waals surface area contributed by atoms with Crippen LogP contribution >= 0.6 is 15.9 Å². The summed E-state index contributed by atoms with van der Waals surface area (Å²) in [4.78, 5) is 0. The van der Waals surface area contributed by atoms with E-state index in [9.17, 15) is 13.2 Å². The summed E-state index contributed by atoms with van der Waals surface area (Å²) in [6.45, 7) is -1.50. The van der Waals surface area contributed by atoms with Crippen LogP contribution in [0.2, 0.25) is 0 Å². The minimum atomic E-state index is -3.46. The number of nitriles is 1. The fourth-order valence-electron chi connectivity index (χ4n) is 1.30. The maximum Gasteiger partial charge on any atom is 0.289 e. The number of ether oxygens (including phenoxy) is 1. The van der Waals surface area contributed by atoms with Gasteiger partial charge in [0.15, 0.2) is 0 Å². The third-order valence-corrected chi connectivity index (χ3v) is 2.70. The van der Waals surface area contributed by atoms with E-state index < -0.39 is 31.0 Å². The minimum Gasteiger partial charge on any atom is -0.360 e. The Morgan fingerprint density at radius 1 is 1.50 bits per heavy atom. The second-order valence-corrected chi connectivity index (χ2v) is 4.47. The lowest BCUT2D eigenvalue weighted by Gasteiger charge is -2.23. The molecule has 1 rings (SSSR count). The van der Waals surface area contributed by atoms with E-state index in [0.29, 0.717) is 4.47 Å². The fourth-order valence-corrected chi connectivity index (χ4v) is 1.68. The molecule has 1 aromatic carbocycles. The van der Waals surface area contributed by atoms with E-state index in [-0.39, 0.29) is 5.56 Å². The van der Waals surface area contributed by atoms with Crippen molar-refractivity contribution in [3.05, 3.63) is 34.1 Å². The summed E-state index contributed by atoms with van der Waals surface area (Å²) in [5, 5.41) is 8.18. The van der Waals surface area contributed by atoms with Crippen LogP contribution in [0.5, 0.6) is 0 Å². The van der Waals surface area contributed by atoms with Crippen LogP contribution in [0.25, 0.3) is 0 Å². The summed E-state index contributed by atoms with van der Waals surface area (Å²) >= 11 is 3.05. The van der Waals surface area contributed by atoms with Crippen LogP contribution in [0.3, 0.4) is 0 Å². The molecule has 0 amide bonds. The van der Waals surface area contributed by atoms with Crippen molar-refractivity contribution in [2.75, 3.05) is 13.2 Å². The molecule has 1 unspecified atom stereocenters. The molecule has 0 aliphatic rings. The maximum absolute atomic E-state index is 13.6. The van der Waals surface area contributed by atoms with Gasteiger partial charge in [-0.2, -0.15) is 5.26 Å². The Hall–Kier alpha value is -1.10. The smallest absolute Gasteiger partial charge is 0.289 e. The molecule has 3 nitrogen and oxygen atoms in total. The first-order chi connectivity index (χ1) is 8.38. The normalized spacial score (nSPS) is 13.1. The summed E-state index contributed by atoms with van der Waals surface area (Å²) in [7, 11) is 0. The van der Waals surface area contributed by atoms with Gasteiger partial charge in [0.05, 0.1) is 12.1 Å². The Morgan fingerprint density at radius 3 is 2.78 bits per heavy atom. The predicted molar refractivity (Wildman–Crippen MR) is 62.4 cm³/mol. The van der Waals surface area contributed by atoms with Crippen LogP contribution in [0, 0.1) is 17.1 Å². The van der Waals surface area contributed by atoms with E-state index in [1.165, 1.54) is 12.1 Å². The molecule has 0 heterocycles. The van der Waals surface area contributed by atoms with Crippen LogP contribution in [-0.2, 0) is 4.74 Å². The number of benzene rings is 1. The van der Waals surface area contributed by atoms with Gasteiger partial charge in [0.1, 0.15) is 19.0 Å². The van der Waals surface area contributed by atoms with Gasteiger partial charge < -0.3 is 10.5 Å².